The molecule has 0 bridgehead atoms. The van der Waals surface area contributed by atoms with Crippen LogP contribution in [-0.4, -0.2) is 27.0 Å². The van der Waals surface area contributed by atoms with E-state index in [0.717, 1.165) is 15.4 Å². The molecule has 9 heteroatoms. The van der Waals surface area contributed by atoms with Crippen molar-refractivity contribution in [3.05, 3.63) is 165 Å². The summed E-state index contributed by atoms with van der Waals surface area (Å²) in [6.45, 7) is 10.8. The molecule has 5 aromatic carbocycles. The molecule has 1 heterocycles. The van der Waals surface area contributed by atoms with E-state index in [-0.39, 0.29) is 9.79 Å². The van der Waals surface area contributed by atoms with Gasteiger partial charge in [-0.25, -0.2) is 25.9 Å². The summed E-state index contributed by atoms with van der Waals surface area (Å²) in [6.07, 6.45) is 0. The molecule has 6 rings (SSSR count). The predicted molar refractivity (Wildman–Crippen MR) is 192 cm³/mol. The van der Waals surface area contributed by atoms with E-state index in [1.165, 1.54) is 0 Å². The smallest absolute Gasteiger partial charge is 0.267 e. The zero-order valence-electron chi connectivity index (χ0n) is 28.4. The third-order valence-corrected chi connectivity index (χ3v) is 13.2. The minimum absolute atomic E-state index is 0.0665. The van der Waals surface area contributed by atoms with Gasteiger partial charge in [0.2, 0.25) is 10.0 Å². The second-order valence-electron chi connectivity index (χ2n) is 13.1. The number of nitrogens with zero attached hydrogens (tertiary/aromatic N) is 1. The van der Waals surface area contributed by atoms with Gasteiger partial charge in [-0.2, -0.15) is 0 Å². The fraction of sp³-hybridized carbons (Fsp3) is 0.225. The van der Waals surface area contributed by atoms with E-state index >= 15 is 4.79 Å². The number of rotatable bonds is 9. The SMILES string of the molecule is Cc1cc(C)c(S(=O)(=O)NC(c2ccccc2)[C@]2(c3ccccc3)C(=O)N(S(=O)(=O)c3c(C)cc(C)cc3C)[C@@H]2c2ccccc2)c(C)c1. The average molecular weight is 693 g/mol. The molecule has 252 valence electrons. The first-order valence-electron chi connectivity index (χ1n) is 16.1. The third-order valence-electron chi connectivity index (χ3n) is 9.44. The highest BCUT2D eigenvalue weighted by Crippen LogP contribution is 2.60. The number of hydrogen-bond acceptors (Lipinski definition) is 5. The molecule has 0 radical (unpaired) electrons. The topological polar surface area (TPSA) is 101 Å². The van der Waals surface area contributed by atoms with Crippen LogP contribution in [0.15, 0.2) is 125 Å². The zero-order chi connectivity index (χ0) is 35.3. The first kappa shape index (κ1) is 34.3. The van der Waals surface area contributed by atoms with Crippen LogP contribution in [0.3, 0.4) is 0 Å². The van der Waals surface area contributed by atoms with E-state index < -0.39 is 43.5 Å². The Labute approximate surface area is 289 Å². The number of nitrogens with one attached hydrogen (secondary N) is 1. The lowest BCUT2D eigenvalue weighted by Gasteiger charge is -2.58. The van der Waals surface area contributed by atoms with Gasteiger partial charge >= 0.3 is 0 Å². The molecule has 1 aliphatic rings. The molecule has 49 heavy (non-hydrogen) atoms. The minimum atomic E-state index is -4.43. The van der Waals surface area contributed by atoms with E-state index in [4.69, 9.17) is 0 Å². The summed E-state index contributed by atoms with van der Waals surface area (Å²) in [5.74, 6) is -0.721. The van der Waals surface area contributed by atoms with Gasteiger partial charge in [-0.05, 0) is 80.5 Å². The molecule has 0 saturated carbocycles. The Bertz CT molecular complexity index is 2180. The molecule has 1 unspecified atom stereocenters. The fourth-order valence-corrected chi connectivity index (χ4v) is 11.6. The predicted octanol–water partition coefficient (Wildman–Crippen LogP) is 7.47. The van der Waals surface area contributed by atoms with Crippen molar-refractivity contribution < 1.29 is 21.6 Å². The van der Waals surface area contributed by atoms with Crippen LogP contribution in [-0.2, 0) is 30.3 Å². The first-order chi connectivity index (χ1) is 23.2. The quantitative estimate of drug-likeness (QED) is 0.162. The van der Waals surface area contributed by atoms with Crippen molar-refractivity contribution in [2.24, 2.45) is 0 Å². The maximum atomic E-state index is 15.3. The van der Waals surface area contributed by atoms with Crippen LogP contribution in [0.1, 0.15) is 62.2 Å². The van der Waals surface area contributed by atoms with E-state index in [1.807, 2.05) is 44.2 Å². The molecular weight excluding hydrogens is 653 g/mol. The maximum absolute atomic E-state index is 15.3. The number of amides is 1. The zero-order valence-corrected chi connectivity index (χ0v) is 30.1. The molecular formula is C40H40N2O5S2. The summed E-state index contributed by atoms with van der Waals surface area (Å²) < 4.78 is 62.8. The van der Waals surface area contributed by atoms with Crippen LogP contribution in [0, 0.1) is 41.5 Å². The average Bonchev–Trinajstić information content (AvgIpc) is 3.03. The van der Waals surface area contributed by atoms with E-state index in [1.54, 1.807) is 113 Å². The van der Waals surface area contributed by atoms with Crippen LogP contribution < -0.4 is 4.72 Å². The van der Waals surface area contributed by atoms with Gasteiger partial charge in [0, 0.05) is 0 Å². The van der Waals surface area contributed by atoms with Crippen LogP contribution in [0.25, 0.3) is 0 Å². The van der Waals surface area contributed by atoms with Crippen molar-refractivity contribution in [2.75, 3.05) is 0 Å². The van der Waals surface area contributed by atoms with Crippen LogP contribution in [0.2, 0.25) is 0 Å². The van der Waals surface area contributed by atoms with Crippen molar-refractivity contribution in [3.63, 3.8) is 0 Å². The highest BCUT2D eigenvalue weighted by atomic mass is 32.2. The molecule has 7 nitrogen and oxygen atoms in total. The molecule has 1 amide bonds. The number of benzene rings is 5. The molecule has 5 aromatic rings. The Balaban J connectivity index is 1.66. The molecule has 0 spiro atoms. The third kappa shape index (κ3) is 5.69. The highest BCUT2D eigenvalue weighted by Gasteiger charge is 2.70. The number of β-lactam (4-membered cyclic amide) rings is 1. The summed E-state index contributed by atoms with van der Waals surface area (Å²) in [6, 6.07) is 31.7. The van der Waals surface area contributed by atoms with E-state index in [0.29, 0.717) is 38.9 Å². The van der Waals surface area contributed by atoms with Crippen LogP contribution >= 0.6 is 0 Å². The molecule has 0 aliphatic carbocycles. The largest absolute Gasteiger partial charge is 0.273 e. The normalized spacial score (nSPS) is 18.6. The Hall–Kier alpha value is -4.57. The number of aryl methyl sites for hydroxylation is 6. The Morgan fingerprint density at radius 1 is 0.612 bits per heavy atom. The van der Waals surface area contributed by atoms with Gasteiger partial charge in [-0.1, -0.05) is 126 Å². The van der Waals surface area contributed by atoms with Gasteiger partial charge < -0.3 is 0 Å². The molecule has 1 saturated heterocycles. The minimum Gasteiger partial charge on any atom is -0.273 e. The van der Waals surface area contributed by atoms with Crippen molar-refractivity contribution in [2.45, 2.75) is 68.8 Å². The standard InChI is InChI=1S/C40H40N2O5S2/c1-26-22-28(3)35(29(4)23-26)48(44,45)41-37(32-16-10-7-11-17-32)40(34-20-14-9-15-21-34)38(33-18-12-8-13-19-33)42(39(40)43)49(46,47)36-30(5)24-27(2)25-31(36)6/h7-25,37-38,41H,1-6H3/t37?,38-,40+/m1/s1. The van der Waals surface area contributed by atoms with Crippen LogP contribution in [0.4, 0.5) is 0 Å². The summed E-state index contributed by atoms with van der Waals surface area (Å²) in [4.78, 5) is 15.5. The molecule has 1 N–H and O–H groups in total. The molecule has 1 aliphatic heterocycles. The lowest BCUT2D eigenvalue weighted by Crippen LogP contribution is -2.71. The van der Waals surface area contributed by atoms with E-state index in [2.05, 4.69) is 4.72 Å². The van der Waals surface area contributed by atoms with Gasteiger partial charge in [0.1, 0.15) is 5.41 Å². The number of hydrogen-bond donors (Lipinski definition) is 1. The number of carbonyl (C=O) groups excluding carboxylic acids is 1. The summed E-state index contributed by atoms with van der Waals surface area (Å²) in [7, 11) is -8.70. The molecule has 0 aromatic heterocycles. The van der Waals surface area contributed by atoms with Crippen molar-refractivity contribution >= 4 is 26.0 Å². The maximum Gasteiger partial charge on any atom is 0.267 e. The van der Waals surface area contributed by atoms with Crippen LogP contribution in [0.5, 0.6) is 0 Å². The first-order valence-corrected chi connectivity index (χ1v) is 19.1. The van der Waals surface area contributed by atoms with Crippen molar-refractivity contribution in [1.82, 2.24) is 9.03 Å². The fourth-order valence-electron chi connectivity index (χ4n) is 7.81. The summed E-state index contributed by atoms with van der Waals surface area (Å²) >= 11 is 0. The Kier molecular flexibility index (Phi) is 8.90. The van der Waals surface area contributed by atoms with Gasteiger partial charge in [0.05, 0.1) is 21.9 Å². The van der Waals surface area contributed by atoms with Gasteiger partial charge in [0.25, 0.3) is 15.9 Å². The summed E-state index contributed by atoms with van der Waals surface area (Å²) in [5, 5.41) is 0. The van der Waals surface area contributed by atoms with Gasteiger partial charge in [0.15, 0.2) is 0 Å². The second-order valence-corrected chi connectivity index (χ2v) is 16.5. The number of carbonyl (C=O) groups is 1. The number of sulfonamides is 2. The lowest BCUT2D eigenvalue weighted by molar-refractivity contribution is -0.153. The second kappa shape index (κ2) is 12.7. The van der Waals surface area contributed by atoms with Crippen molar-refractivity contribution in [1.29, 1.82) is 0 Å². The van der Waals surface area contributed by atoms with Gasteiger partial charge in [-0.15, -0.1) is 0 Å². The molecule has 3 atom stereocenters. The van der Waals surface area contributed by atoms with E-state index in [9.17, 15) is 16.8 Å². The molecule has 1 fully saturated rings. The summed E-state index contributed by atoms with van der Waals surface area (Å²) in [5.41, 5.74) is 3.89. The van der Waals surface area contributed by atoms with Gasteiger partial charge in [-0.3, -0.25) is 4.79 Å². The lowest BCUT2D eigenvalue weighted by atomic mass is 9.59. The highest BCUT2D eigenvalue weighted by molar-refractivity contribution is 7.90. The Morgan fingerprint density at radius 3 is 1.53 bits per heavy atom. The van der Waals surface area contributed by atoms with Crippen molar-refractivity contribution in [3.8, 4) is 0 Å². The Morgan fingerprint density at radius 2 is 1.04 bits per heavy atom. The monoisotopic (exact) mass is 692 g/mol.